The second-order valence-corrected chi connectivity index (χ2v) is 3.33. The van der Waals surface area contributed by atoms with Crippen LogP contribution in [-0.4, -0.2) is 22.1 Å². The van der Waals surface area contributed by atoms with Gasteiger partial charge >= 0.3 is 5.97 Å². The Labute approximate surface area is 100 Å². The number of carbonyl (C=O) groups is 2. The molecule has 1 aromatic carbocycles. The number of anilines is 1. The fourth-order valence-electron chi connectivity index (χ4n) is 1.27. The number of rotatable bonds is 3. The highest BCUT2D eigenvalue weighted by Gasteiger charge is 2.14. The van der Waals surface area contributed by atoms with Crippen LogP contribution >= 0.6 is 0 Å². The van der Waals surface area contributed by atoms with Crippen molar-refractivity contribution in [3.63, 3.8) is 0 Å². The third-order valence-electron chi connectivity index (χ3n) is 2.13. The lowest BCUT2D eigenvalue weighted by atomic mass is 10.2. The molecule has 0 saturated carbocycles. The maximum Gasteiger partial charge on any atom is 0.335 e. The third kappa shape index (κ3) is 2.34. The number of carboxylic acids is 1. The highest BCUT2D eigenvalue weighted by molar-refractivity contribution is 6.02. The lowest BCUT2D eigenvalue weighted by Gasteiger charge is -2.04. The summed E-state index contributed by atoms with van der Waals surface area (Å²) in [6, 6.07) is 4.48. The molecule has 0 aliphatic rings. The zero-order valence-electron chi connectivity index (χ0n) is 8.88. The molecule has 92 valence electrons. The summed E-state index contributed by atoms with van der Waals surface area (Å²) in [5.74, 6) is -2.84. The molecule has 0 aliphatic heterocycles. The number of nitrogens with zero attached hydrogens (tertiary/aromatic N) is 1. The molecule has 2 aromatic rings. The van der Waals surface area contributed by atoms with Gasteiger partial charge in [0.25, 0.3) is 5.91 Å². The summed E-state index contributed by atoms with van der Waals surface area (Å²) in [6.45, 7) is 0. The van der Waals surface area contributed by atoms with Crippen LogP contribution < -0.4 is 5.32 Å². The van der Waals surface area contributed by atoms with Crippen LogP contribution in [0.5, 0.6) is 0 Å². The molecular weight excluding hydrogens is 243 g/mol. The van der Waals surface area contributed by atoms with Gasteiger partial charge in [0.05, 0.1) is 17.4 Å². The van der Waals surface area contributed by atoms with Crippen molar-refractivity contribution in [3.8, 4) is 0 Å². The van der Waals surface area contributed by atoms with E-state index < -0.39 is 17.7 Å². The summed E-state index contributed by atoms with van der Waals surface area (Å²) in [7, 11) is 0. The molecule has 7 heteroatoms. The molecule has 0 fully saturated rings. The zero-order valence-corrected chi connectivity index (χ0v) is 8.88. The number of nitrogens with one attached hydrogen (secondary N) is 1. The van der Waals surface area contributed by atoms with Crippen molar-refractivity contribution < 1.29 is 23.6 Å². The Hall–Kier alpha value is -2.70. The Morgan fingerprint density at radius 3 is 2.67 bits per heavy atom. The number of hydrogen-bond donors (Lipinski definition) is 2. The summed E-state index contributed by atoms with van der Waals surface area (Å²) < 4.78 is 18.1. The molecule has 0 radical (unpaired) electrons. The number of carboxylic acid groups (broad SMARTS) is 1. The van der Waals surface area contributed by atoms with Gasteiger partial charge in [-0.05, 0) is 18.2 Å². The van der Waals surface area contributed by atoms with E-state index in [2.05, 4.69) is 15.0 Å². The molecule has 1 amide bonds. The molecule has 1 aromatic heterocycles. The Morgan fingerprint density at radius 2 is 2.11 bits per heavy atom. The molecule has 2 N–H and O–H groups in total. The Balaban J connectivity index is 2.20. The number of hydrogen-bond acceptors (Lipinski definition) is 4. The number of amides is 1. The van der Waals surface area contributed by atoms with Crippen LogP contribution in [0.3, 0.4) is 0 Å². The van der Waals surface area contributed by atoms with Gasteiger partial charge in [0, 0.05) is 6.07 Å². The maximum atomic E-state index is 13.5. The molecule has 0 spiro atoms. The van der Waals surface area contributed by atoms with Gasteiger partial charge in [-0.25, -0.2) is 9.18 Å². The number of benzene rings is 1. The molecule has 0 atom stereocenters. The minimum Gasteiger partial charge on any atom is -0.478 e. The highest BCUT2D eigenvalue weighted by Crippen LogP contribution is 2.16. The van der Waals surface area contributed by atoms with Gasteiger partial charge in [0.1, 0.15) is 5.82 Å². The molecule has 1 heterocycles. The van der Waals surface area contributed by atoms with Gasteiger partial charge < -0.3 is 14.9 Å². The quantitative estimate of drug-likeness (QED) is 0.865. The first-order valence-electron chi connectivity index (χ1n) is 4.83. The number of carbonyl (C=O) groups excluding carboxylic acids is 1. The van der Waals surface area contributed by atoms with E-state index in [9.17, 15) is 14.0 Å². The second kappa shape index (κ2) is 4.66. The molecular formula is C11H7FN2O4. The average Bonchev–Trinajstić information content (AvgIpc) is 2.85. The van der Waals surface area contributed by atoms with E-state index in [-0.39, 0.29) is 17.0 Å². The van der Waals surface area contributed by atoms with Crippen LogP contribution in [0.15, 0.2) is 35.0 Å². The van der Waals surface area contributed by atoms with Crippen LogP contribution in [0.1, 0.15) is 20.9 Å². The molecule has 0 unspecified atom stereocenters. The number of aromatic nitrogens is 1. The standard InChI is InChI=1S/C11H7FN2O4/c12-7-5-6(11(16)17)1-2-8(7)14-10(15)9-3-4-13-18-9/h1-5H,(H,14,15)(H,16,17). The van der Waals surface area contributed by atoms with Crippen LogP contribution in [0.4, 0.5) is 10.1 Å². The normalized spacial score (nSPS) is 10.1. The van der Waals surface area contributed by atoms with Crippen LogP contribution in [0.2, 0.25) is 0 Å². The molecule has 0 bridgehead atoms. The molecule has 2 rings (SSSR count). The first-order chi connectivity index (χ1) is 8.58. The topological polar surface area (TPSA) is 92.4 Å². The summed E-state index contributed by atoms with van der Waals surface area (Å²) in [4.78, 5) is 22.1. The van der Waals surface area contributed by atoms with Gasteiger partial charge in [-0.2, -0.15) is 0 Å². The minimum absolute atomic E-state index is 0.0725. The Morgan fingerprint density at radius 1 is 1.33 bits per heavy atom. The summed E-state index contributed by atoms with van der Waals surface area (Å²) in [5, 5.41) is 14.2. The fraction of sp³-hybridized carbons (Fsp3) is 0. The predicted molar refractivity (Wildman–Crippen MR) is 57.8 cm³/mol. The lowest BCUT2D eigenvalue weighted by Crippen LogP contribution is -2.12. The van der Waals surface area contributed by atoms with Gasteiger partial charge in [0.15, 0.2) is 0 Å². The smallest absolute Gasteiger partial charge is 0.335 e. The maximum absolute atomic E-state index is 13.5. The van der Waals surface area contributed by atoms with Crippen molar-refractivity contribution in [2.75, 3.05) is 5.32 Å². The van der Waals surface area contributed by atoms with Crippen molar-refractivity contribution in [2.24, 2.45) is 0 Å². The van der Waals surface area contributed by atoms with Crippen LogP contribution in [0.25, 0.3) is 0 Å². The van der Waals surface area contributed by atoms with Gasteiger partial charge in [0.2, 0.25) is 5.76 Å². The van der Waals surface area contributed by atoms with Crippen molar-refractivity contribution >= 4 is 17.6 Å². The average molecular weight is 250 g/mol. The Kier molecular flexibility index (Phi) is 3.05. The summed E-state index contributed by atoms with van der Waals surface area (Å²) >= 11 is 0. The summed E-state index contributed by atoms with van der Waals surface area (Å²) in [6.07, 6.45) is 1.28. The van der Waals surface area contributed by atoms with E-state index in [1.165, 1.54) is 18.3 Å². The van der Waals surface area contributed by atoms with E-state index in [0.29, 0.717) is 0 Å². The van der Waals surface area contributed by atoms with Crippen molar-refractivity contribution in [3.05, 3.63) is 47.6 Å². The molecule has 18 heavy (non-hydrogen) atoms. The first kappa shape index (κ1) is 11.8. The van der Waals surface area contributed by atoms with Crippen LogP contribution in [0, 0.1) is 5.82 Å². The van der Waals surface area contributed by atoms with Crippen molar-refractivity contribution in [1.29, 1.82) is 0 Å². The van der Waals surface area contributed by atoms with Crippen molar-refractivity contribution in [1.82, 2.24) is 5.16 Å². The number of halogens is 1. The largest absolute Gasteiger partial charge is 0.478 e. The predicted octanol–water partition coefficient (Wildman–Crippen LogP) is 1.76. The highest BCUT2D eigenvalue weighted by atomic mass is 19.1. The van der Waals surface area contributed by atoms with Gasteiger partial charge in [-0.1, -0.05) is 5.16 Å². The van der Waals surface area contributed by atoms with Crippen molar-refractivity contribution in [2.45, 2.75) is 0 Å². The lowest BCUT2D eigenvalue weighted by molar-refractivity contribution is 0.0696. The second-order valence-electron chi connectivity index (χ2n) is 3.33. The van der Waals surface area contributed by atoms with E-state index in [0.717, 1.165) is 12.1 Å². The van der Waals surface area contributed by atoms with E-state index >= 15 is 0 Å². The summed E-state index contributed by atoms with van der Waals surface area (Å²) in [5.41, 5.74) is -0.341. The minimum atomic E-state index is -1.25. The third-order valence-corrected chi connectivity index (χ3v) is 2.13. The molecule has 0 saturated heterocycles. The zero-order chi connectivity index (χ0) is 13.1. The first-order valence-corrected chi connectivity index (χ1v) is 4.83. The molecule has 0 aliphatic carbocycles. The monoisotopic (exact) mass is 250 g/mol. The Bertz CT molecular complexity index is 595. The molecule has 6 nitrogen and oxygen atoms in total. The SMILES string of the molecule is O=C(O)c1ccc(NC(=O)c2ccno2)c(F)c1. The number of aromatic carboxylic acids is 1. The van der Waals surface area contributed by atoms with E-state index in [4.69, 9.17) is 5.11 Å². The van der Waals surface area contributed by atoms with E-state index in [1.54, 1.807) is 0 Å². The fourth-order valence-corrected chi connectivity index (χ4v) is 1.27. The van der Waals surface area contributed by atoms with Crippen LogP contribution in [-0.2, 0) is 0 Å². The van der Waals surface area contributed by atoms with Gasteiger partial charge in [-0.15, -0.1) is 0 Å². The van der Waals surface area contributed by atoms with Gasteiger partial charge in [-0.3, -0.25) is 4.79 Å². The van der Waals surface area contributed by atoms with E-state index in [1.807, 2.05) is 0 Å².